The minimum Gasteiger partial charge on any atom is -0.469 e. The minimum absolute atomic E-state index is 0.0887. The molecule has 0 fully saturated rings. The largest absolute Gasteiger partial charge is 0.469 e. The summed E-state index contributed by atoms with van der Waals surface area (Å²) in [5.41, 5.74) is 2.40. The van der Waals surface area contributed by atoms with Gasteiger partial charge >= 0.3 is 5.97 Å². The Balaban J connectivity index is 2.95. The highest BCUT2D eigenvalue weighted by molar-refractivity contribution is 5.77. The van der Waals surface area contributed by atoms with Crippen LogP contribution in [-0.2, 0) is 9.53 Å². The summed E-state index contributed by atoms with van der Waals surface area (Å²) >= 11 is 0. The molecule has 2 heteroatoms. The number of hydrogen-bond acceptors (Lipinski definition) is 2. The molecule has 0 spiro atoms. The lowest BCUT2D eigenvalue weighted by Gasteiger charge is -2.34. The maximum absolute atomic E-state index is 11.8. The summed E-state index contributed by atoms with van der Waals surface area (Å²) in [5, 5.41) is 0. The predicted molar refractivity (Wildman–Crippen MR) is 61.5 cm³/mol. The number of ether oxygens (including phenoxy) is 1. The molecule has 0 radical (unpaired) electrons. The lowest BCUT2D eigenvalue weighted by molar-refractivity contribution is -0.153. The Hall–Kier alpha value is -1.05. The first kappa shape index (κ1) is 12.0. The van der Waals surface area contributed by atoms with Crippen molar-refractivity contribution < 1.29 is 9.53 Å². The lowest BCUT2D eigenvalue weighted by atomic mass is 9.70. The van der Waals surface area contributed by atoms with Gasteiger partial charge in [0.25, 0.3) is 0 Å². The summed E-state index contributed by atoms with van der Waals surface area (Å²) in [5.74, 6) is -0.0887. The number of allylic oxidation sites excluding steroid dienone is 3. The zero-order valence-corrected chi connectivity index (χ0v) is 9.93. The SMILES string of the molecule is C=CCC1(C(=O)OC)CCC(C)=C(C)C1. The van der Waals surface area contributed by atoms with Gasteiger partial charge in [-0.25, -0.2) is 0 Å². The van der Waals surface area contributed by atoms with Crippen LogP contribution in [-0.4, -0.2) is 13.1 Å². The summed E-state index contributed by atoms with van der Waals surface area (Å²) in [6.07, 6.45) is 5.23. The van der Waals surface area contributed by atoms with Crippen molar-refractivity contribution in [2.24, 2.45) is 5.41 Å². The minimum atomic E-state index is -0.347. The Kier molecular flexibility index (Phi) is 3.72. The van der Waals surface area contributed by atoms with Gasteiger partial charge in [0.15, 0.2) is 0 Å². The molecule has 0 saturated heterocycles. The monoisotopic (exact) mass is 208 g/mol. The molecule has 0 saturated carbocycles. The summed E-state index contributed by atoms with van der Waals surface area (Å²) in [6, 6.07) is 0. The highest BCUT2D eigenvalue weighted by Gasteiger charge is 2.40. The molecule has 0 aromatic heterocycles. The van der Waals surface area contributed by atoms with Crippen molar-refractivity contribution in [2.45, 2.75) is 39.5 Å². The van der Waals surface area contributed by atoms with E-state index < -0.39 is 0 Å². The van der Waals surface area contributed by atoms with Crippen LogP contribution in [0.15, 0.2) is 23.8 Å². The fraction of sp³-hybridized carbons (Fsp3) is 0.615. The van der Waals surface area contributed by atoms with Crippen molar-refractivity contribution in [2.75, 3.05) is 7.11 Å². The van der Waals surface area contributed by atoms with Gasteiger partial charge in [0.05, 0.1) is 12.5 Å². The number of methoxy groups -OCH3 is 1. The second kappa shape index (κ2) is 4.65. The molecule has 2 nitrogen and oxygen atoms in total. The van der Waals surface area contributed by atoms with Crippen LogP contribution in [0.25, 0.3) is 0 Å². The van der Waals surface area contributed by atoms with Crippen molar-refractivity contribution >= 4 is 5.97 Å². The zero-order chi connectivity index (χ0) is 11.5. The van der Waals surface area contributed by atoms with Gasteiger partial charge in [-0.05, 0) is 39.5 Å². The highest BCUT2D eigenvalue weighted by atomic mass is 16.5. The smallest absolute Gasteiger partial charge is 0.312 e. The van der Waals surface area contributed by atoms with E-state index in [0.29, 0.717) is 6.42 Å². The second-order valence-electron chi connectivity index (χ2n) is 4.50. The molecule has 0 N–H and O–H groups in total. The van der Waals surface area contributed by atoms with Gasteiger partial charge in [-0.1, -0.05) is 17.2 Å². The zero-order valence-electron chi connectivity index (χ0n) is 9.93. The Morgan fingerprint density at radius 2 is 2.20 bits per heavy atom. The summed E-state index contributed by atoms with van der Waals surface area (Å²) in [6.45, 7) is 7.99. The van der Waals surface area contributed by atoms with E-state index in [1.807, 2.05) is 6.08 Å². The molecule has 1 atom stereocenters. The molecule has 0 aliphatic heterocycles. The van der Waals surface area contributed by atoms with Gasteiger partial charge in [-0.3, -0.25) is 4.79 Å². The normalized spacial score (nSPS) is 26.3. The van der Waals surface area contributed by atoms with E-state index in [1.54, 1.807) is 0 Å². The highest BCUT2D eigenvalue weighted by Crippen LogP contribution is 2.42. The van der Waals surface area contributed by atoms with Crippen LogP contribution in [0.2, 0.25) is 0 Å². The molecule has 1 unspecified atom stereocenters. The predicted octanol–water partition coefficient (Wildman–Crippen LogP) is 3.24. The molecule has 0 bridgehead atoms. The first-order valence-corrected chi connectivity index (χ1v) is 5.40. The Bertz CT molecular complexity index is 302. The van der Waals surface area contributed by atoms with Crippen molar-refractivity contribution in [3.63, 3.8) is 0 Å². The molecule has 0 aromatic rings. The Morgan fingerprint density at radius 1 is 1.53 bits per heavy atom. The van der Waals surface area contributed by atoms with Gasteiger partial charge in [-0.15, -0.1) is 6.58 Å². The van der Waals surface area contributed by atoms with E-state index in [1.165, 1.54) is 18.3 Å². The van der Waals surface area contributed by atoms with Crippen LogP contribution in [0.4, 0.5) is 0 Å². The first-order valence-electron chi connectivity index (χ1n) is 5.40. The molecule has 1 aliphatic rings. The van der Waals surface area contributed by atoms with Crippen molar-refractivity contribution in [1.29, 1.82) is 0 Å². The number of esters is 1. The molecule has 1 rings (SSSR count). The molecule has 0 aromatic carbocycles. The van der Waals surface area contributed by atoms with Crippen molar-refractivity contribution in [3.8, 4) is 0 Å². The third-order valence-corrected chi connectivity index (χ3v) is 3.46. The van der Waals surface area contributed by atoms with E-state index in [4.69, 9.17) is 4.74 Å². The molecule has 0 heterocycles. The van der Waals surface area contributed by atoms with Crippen LogP contribution in [0.3, 0.4) is 0 Å². The Labute approximate surface area is 92.0 Å². The van der Waals surface area contributed by atoms with Gasteiger partial charge < -0.3 is 4.74 Å². The second-order valence-corrected chi connectivity index (χ2v) is 4.50. The van der Waals surface area contributed by atoms with E-state index in [2.05, 4.69) is 20.4 Å². The number of carbonyl (C=O) groups excluding carboxylic acids is 1. The van der Waals surface area contributed by atoms with Gasteiger partial charge in [-0.2, -0.15) is 0 Å². The third kappa shape index (κ3) is 2.31. The summed E-state index contributed by atoms with van der Waals surface area (Å²) in [4.78, 5) is 11.8. The summed E-state index contributed by atoms with van der Waals surface area (Å²) < 4.78 is 4.92. The van der Waals surface area contributed by atoms with Gasteiger partial charge in [0, 0.05) is 0 Å². The first-order chi connectivity index (χ1) is 7.05. The number of hydrogen-bond donors (Lipinski definition) is 0. The topological polar surface area (TPSA) is 26.3 Å². The lowest BCUT2D eigenvalue weighted by Crippen LogP contribution is -2.34. The standard InChI is InChI=1S/C13H20O2/c1-5-7-13(12(14)15-4)8-6-10(2)11(3)9-13/h5H,1,6-9H2,2-4H3. The number of carbonyl (C=O) groups is 1. The fourth-order valence-electron chi connectivity index (χ4n) is 2.31. The van der Waals surface area contributed by atoms with E-state index in [9.17, 15) is 4.79 Å². The van der Waals surface area contributed by atoms with Crippen LogP contribution in [0.1, 0.15) is 39.5 Å². The average Bonchev–Trinajstić information content (AvgIpc) is 2.23. The van der Waals surface area contributed by atoms with Gasteiger partial charge in [0.1, 0.15) is 0 Å². The van der Waals surface area contributed by atoms with Crippen LogP contribution in [0, 0.1) is 5.41 Å². The van der Waals surface area contributed by atoms with Crippen molar-refractivity contribution in [1.82, 2.24) is 0 Å². The fourth-order valence-corrected chi connectivity index (χ4v) is 2.31. The van der Waals surface area contributed by atoms with E-state index in [-0.39, 0.29) is 11.4 Å². The van der Waals surface area contributed by atoms with E-state index >= 15 is 0 Å². The Morgan fingerprint density at radius 3 is 2.67 bits per heavy atom. The maximum Gasteiger partial charge on any atom is 0.312 e. The van der Waals surface area contributed by atoms with Crippen molar-refractivity contribution in [3.05, 3.63) is 23.8 Å². The summed E-state index contributed by atoms with van der Waals surface area (Å²) in [7, 11) is 1.47. The quantitative estimate of drug-likeness (QED) is 0.525. The molecule has 15 heavy (non-hydrogen) atoms. The molecule has 1 aliphatic carbocycles. The third-order valence-electron chi connectivity index (χ3n) is 3.46. The molecule has 0 amide bonds. The van der Waals surface area contributed by atoms with E-state index in [0.717, 1.165) is 19.3 Å². The van der Waals surface area contributed by atoms with Crippen LogP contribution >= 0.6 is 0 Å². The van der Waals surface area contributed by atoms with Gasteiger partial charge in [0.2, 0.25) is 0 Å². The number of rotatable bonds is 3. The average molecular weight is 208 g/mol. The maximum atomic E-state index is 11.8. The molecular formula is C13H20O2. The molecule has 84 valence electrons. The van der Waals surface area contributed by atoms with Crippen LogP contribution in [0.5, 0.6) is 0 Å². The van der Waals surface area contributed by atoms with Crippen LogP contribution < -0.4 is 0 Å². The molecular weight excluding hydrogens is 188 g/mol.